The quantitative estimate of drug-likeness (QED) is 0.659. The molecule has 0 bridgehead atoms. The fourth-order valence-corrected chi connectivity index (χ4v) is 2.94. The van der Waals surface area contributed by atoms with Crippen molar-refractivity contribution in [1.29, 1.82) is 0 Å². The molecule has 0 unspecified atom stereocenters. The van der Waals surface area contributed by atoms with Crippen LogP contribution in [0.1, 0.15) is 24.2 Å². The van der Waals surface area contributed by atoms with Gasteiger partial charge in [0.25, 0.3) is 0 Å². The summed E-state index contributed by atoms with van der Waals surface area (Å²) in [6.07, 6.45) is 0. The predicted molar refractivity (Wildman–Crippen MR) is 99.6 cm³/mol. The van der Waals surface area contributed by atoms with Crippen LogP contribution in [-0.4, -0.2) is 51.4 Å². The molecule has 28 heavy (non-hydrogen) atoms. The van der Waals surface area contributed by atoms with Crippen LogP contribution in [0.4, 0.5) is 4.79 Å². The molecule has 0 fully saturated rings. The number of carbonyl (C=O) groups excluding carboxylic acids is 3. The first-order valence-electron chi connectivity index (χ1n) is 8.38. The Morgan fingerprint density at radius 3 is 2.46 bits per heavy atom. The first-order chi connectivity index (χ1) is 13.3. The van der Waals surface area contributed by atoms with E-state index in [0.717, 1.165) is 0 Å². The van der Waals surface area contributed by atoms with Crippen LogP contribution in [-0.2, 0) is 14.3 Å². The summed E-state index contributed by atoms with van der Waals surface area (Å²) in [5.74, 6) is -0.786. The fraction of sp³-hybridized carbons (Fsp3) is 0.389. The van der Waals surface area contributed by atoms with Crippen LogP contribution in [0, 0.1) is 0 Å². The van der Waals surface area contributed by atoms with E-state index in [2.05, 4.69) is 10.6 Å². The lowest BCUT2D eigenvalue weighted by Crippen LogP contribution is -2.50. The highest BCUT2D eigenvalue weighted by Gasteiger charge is 2.30. The van der Waals surface area contributed by atoms with Crippen molar-refractivity contribution in [3.63, 3.8) is 0 Å². The van der Waals surface area contributed by atoms with Crippen LogP contribution in [0.25, 0.3) is 0 Å². The minimum Gasteiger partial charge on any atom is -0.493 e. The summed E-state index contributed by atoms with van der Waals surface area (Å²) in [5.41, 5.74) is 0.448. The lowest BCUT2D eigenvalue weighted by Gasteiger charge is -2.26. The number of benzene rings is 1. The number of hydrogen-bond donors (Lipinski definition) is 2. The molecule has 1 atom stereocenters. The van der Waals surface area contributed by atoms with Crippen LogP contribution in [0.15, 0.2) is 23.4 Å². The molecule has 2 N–H and O–H groups in total. The van der Waals surface area contributed by atoms with Crippen molar-refractivity contribution >= 4 is 29.6 Å². The monoisotopic (exact) mass is 412 g/mol. The zero-order valence-electron chi connectivity index (χ0n) is 15.9. The van der Waals surface area contributed by atoms with E-state index in [0.29, 0.717) is 0 Å². The highest BCUT2D eigenvalue weighted by molar-refractivity contribution is 6.32. The van der Waals surface area contributed by atoms with Gasteiger partial charge in [0, 0.05) is 0 Å². The normalized spacial score (nSPS) is 16.0. The lowest BCUT2D eigenvalue weighted by atomic mass is 10.0. The summed E-state index contributed by atoms with van der Waals surface area (Å²) >= 11 is 6.10. The molecule has 0 saturated carbocycles. The second kappa shape index (κ2) is 9.32. The molecule has 0 aliphatic carbocycles. The maximum atomic E-state index is 12.4. The Labute approximate surface area is 166 Å². The molecule has 1 aliphatic rings. The summed E-state index contributed by atoms with van der Waals surface area (Å²) in [7, 11) is 2.83. The number of hydrogen-bond acceptors (Lipinski definition) is 7. The van der Waals surface area contributed by atoms with E-state index in [-0.39, 0.29) is 46.6 Å². The molecule has 1 aliphatic heterocycles. The Morgan fingerprint density at radius 2 is 1.86 bits per heavy atom. The van der Waals surface area contributed by atoms with Crippen molar-refractivity contribution in [3.05, 3.63) is 34.0 Å². The third-order valence-electron chi connectivity index (χ3n) is 3.88. The highest BCUT2D eigenvalue weighted by Crippen LogP contribution is 2.36. The number of nitrogens with one attached hydrogen (secondary N) is 2. The molecule has 9 nitrogen and oxygen atoms in total. The van der Waals surface area contributed by atoms with Gasteiger partial charge in [-0.05, 0) is 26.0 Å². The third-order valence-corrected chi connectivity index (χ3v) is 4.16. The molecule has 0 spiro atoms. The fourth-order valence-electron chi connectivity index (χ4n) is 2.65. The van der Waals surface area contributed by atoms with Crippen LogP contribution < -0.4 is 20.1 Å². The molecule has 0 radical (unpaired) electrons. The average Bonchev–Trinajstić information content (AvgIpc) is 2.64. The largest absolute Gasteiger partial charge is 0.493 e. The Hall–Kier alpha value is -2.94. The predicted octanol–water partition coefficient (Wildman–Crippen LogP) is 2.03. The maximum Gasteiger partial charge on any atom is 0.338 e. The van der Waals surface area contributed by atoms with Gasteiger partial charge in [-0.3, -0.25) is 0 Å². The lowest BCUT2D eigenvalue weighted by molar-refractivity contribution is -0.139. The molecule has 0 aromatic heterocycles. The van der Waals surface area contributed by atoms with Gasteiger partial charge in [0.2, 0.25) is 0 Å². The van der Waals surface area contributed by atoms with E-state index >= 15 is 0 Å². The number of urea groups is 1. The van der Waals surface area contributed by atoms with E-state index in [1.54, 1.807) is 13.8 Å². The molecule has 1 aromatic rings. The summed E-state index contributed by atoms with van der Waals surface area (Å²) in [5, 5.41) is 5.20. The molecule has 10 heteroatoms. The highest BCUT2D eigenvalue weighted by atomic mass is 35.5. The van der Waals surface area contributed by atoms with Crippen molar-refractivity contribution in [2.45, 2.75) is 19.9 Å². The molecule has 152 valence electrons. The van der Waals surface area contributed by atoms with E-state index in [9.17, 15) is 14.4 Å². The van der Waals surface area contributed by atoms with Gasteiger partial charge in [-0.25, -0.2) is 14.4 Å². The van der Waals surface area contributed by atoms with Crippen LogP contribution in [0.3, 0.4) is 0 Å². The van der Waals surface area contributed by atoms with Gasteiger partial charge in [0.1, 0.15) is 6.61 Å². The van der Waals surface area contributed by atoms with Crippen molar-refractivity contribution in [2.75, 3.05) is 27.4 Å². The van der Waals surface area contributed by atoms with E-state index in [1.165, 1.54) is 26.4 Å². The minimum absolute atomic E-state index is 0.120. The number of rotatable bonds is 7. The number of ether oxygens (including phenoxy) is 4. The molecule has 2 amide bonds. The van der Waals surface area contributed by atoms with Gasteiger partial charge in [-0.1, -0.05) is 11.6 Å². The Kier molecular flexibility index (Phi) is 7.11. The Bertz CT molecular complexity index is 822. The minimum atomic E-state index is -0.723. The van der Waals surface area contributed by atoms with Gasteiger partial charge in [0.15, 0.2) is 11.5 Å². The summed E-state index contributed by atoms with van der Waals surface area (Å²) in [6.45, 7) is 3.12. The van der Waals surface area contributed by atoms with E-state index in [1.807, 2.05) is 0 Å². The van der Waals surface area contributed by atoms with Gasteiger partial charge in [0.05, 0.1) is 48.7 Å². The van der Waals surface area contributed by atoms with Crippen LogP contribution in [0.2, 0.25) is 5.02 Å². The van der Waals surface area contributed by atoms with E-state index in [4.69, 9.17) is 30.5 Å². The van der Waals surface area contributed by atoms with Crippen LogP contribution in [0.5, 0.6) is 11.5 Å². The smallest absolute Gasteiger partial charge is 0.338 e. The number of amides is 2. The zero-order chi connectivity index (χ0) is 20.8. The first-order valence-corrected chi connectivity index (χ1v) is 8.76. The topological polar surface area (TPSA) is 112 Å². The van der Waals surface area contributed by atoms with Crippen molar-refractivity contribution in [1.82, 2.24) is 10.6 Å². The third kappa shape index (κ3) is 4.66. The number of carbonyl (C=O) groups is 3. The Morgan fingerprint density at radius 1 is 1.14 bits per heavy atom. The SMILES string of the molecule is CCOC(=O)C1=C(COC(=O)c2cc(Cl)c(OC)c(OC)c2)NC(=O)N[C@H]1C. The standard InChI is InChI=1S/C18H21ClN2O7/c1-5-27-17(23)14-9(2)20-18(24)21-12(14)8-28-16(22)10-6-11(19)15(26-4)13(7-10)25-3/h6-7,9H,5,8H2,1-4H3,(H2,20,21,24)/t9-/m0/s1. The van der Waals surface area contributed by atoms with Crippen molar-refractivity contribution < 1.29 is 33.3 Å². The summed E-state index contributed by atoms with van der Waals surface area (Å²) in [6, 6.07) is 1.67. The van der Waals surface area contributed by atoms with Gasteiger partial charge >= 0.3 is 18.0 Å². The second-order valence-electron chi connectivity index (χ2n) is 5.70. The molecule has 1 aromatic carbocycles. The number of methoxy groups -OCH3 is 2. The number of halogens is 1. The molecule has 2 rings (SSSR count). The molecule has 1 heterocycles. The van der Waals surface area contributed by atoms with Crippen LogP contribution >= 0.6 is 11.6 Å². The summed E-state index contributed by atoms with van der Waals surface area (Å²) in [4.78, 5) is 36.3. The average molecular weight is 413 g/mol. The van der Waals surface area contributed by atoms with Gasteiger partial charge < -0.3 is 29.6 Å². The first kappa shape index (κ1) is 21.4. The zero-order valence-corrected chi connectivity index (χ0v) is 16.6. The maximum absolute atomic E-state index is 12.4. The van der Waals surface area contributed by atoms with Crippen molar-refractivity contribution in [2.24, 2.45) is 0 Å². The number of esters is 2. The van der Waals surface area contributed by atoms with E-state index < -0.39 is 24.0 Å². The Balaban J connectivity index is 2.24. The molecular weight excluding hydrogens is 392 g/mol. The summed E-state index contributed by atoms with van der Waals surface area (Å²) < 4.78 is 20.5. The van der Waals surface area contributed by atoms with Gasteiger partial charge in [-0.15, -0.1) is 0 Å². The molecule has 0 saturated heterocycles. The van der Waals surface area contributed by atoms with Crippen molar-refractivity contribution in [3.8, 4) is 11.5 Å². The second-order valence-corrected chi connectivity index (χ2v) is 6.11. The van der Waals surface area contributed by atoms with Gasteiger partial charge in [-0.2, -0.15) is 0 Å². The molecular formula is C18H21ClN2O7.